The van der Waals surface area contributed by atoms with E-state index in [9.17, 15) is 0 Å². The Hall–Kier alpha value is -1.09. The number of aromatic nitrogens is 3. The van der Waals surface area contributed by atoms with E-state index in [2.05, 4.69) is 35.3 Å². The molecule has 17 heavy (non-hydrogen) atoms. The van der Waals surface area contributed by atoms with Gasteiger partial charge in [0.25, 0.3) is 0 Å². The summed E-state index contributed by atoms with van der Waals surface area (Å²) in [7, 11) is 0. The molecule has 0 aromatic carbocycles. The van der Waals surface area contributed by atoms with Crippen LogP contribution < -0.4 is 0 Å². The molecule has 0 amide bonds. The van der Waals surface area contributed by atoms with Crippen LogP contribution in [0.15, 0.2) is 18.3 Å². The quantitative estimate of drug-likeness (QED) is 0.780. The van der Waals surface area contributed by atoms with Gasteiger partial charge in [-0.1, -0.05) is 13.8 Å². The third-order valence-electron chi connectivity index (χ3n) is 3.21. The van der Waals surface area contributed by atoms with E-state index in [1.165, 1.54) is 0 Å². The van der Waals surface area contributed by atoms with Crippen LogP contribution in [0.25, 0.3) is 11.2 Å². The van der Waals surface area contributed by atoms with Gasteiger partial charge in [0.1, 0.15) is 11.3 Å². The van der Waals surface area contributed by atoms with E-state index < -0.39 is 0 Å². The first kappa shape index (κ1) is 12.4. The predicted molar refractivity (Wildman–Crippen MR) is 71.5 cm³/mol. The number of imidazole rings is 1. The summed E-state index contributed by atoms with van der Waals surface area (Å²) in [5, 5.41) is 0. The highest BCUT2D eigenvalue weighted by Crippen LogP contribution is 2.24. The first-order valence-electron chi connectivity index (χ1n) is 6.03. The summed E-state index contributed by atoms with van der Waals surface area (Å²) in [5.74, 6) is 2.17. The molecule has 0 bridgehead atoms. The molecule has 3 nitrogen and oxygen atoms in total. The van der Waals surface area contributed by atoms with E-state index in [1.807, 2.05) is 18.3 Å². The van der Waals surface area contributed by atoms with Gasteiger partial charge in [0.15, 0.2) is 5.65 Å². The van der Waals surface area contributed by atoms with Crippen LogP contribution in [-0.4, -0.2) is 20.4 Å². The number of halogens is 1. The average Bonchev–Trinajstić information content (AvgIpc) is 2.66. The maximum Gasteiger partial charge on any atom is 0.160 e. The monoisotopic (exact) mass is 251 g/mol. The lowest BCUT2D eigenvalue weighted by molar-refractivity contribution is 0.405. The van der Waals surface area contributed by atoms with E-state index in [4.69, 9.17) is 11.6 Å². The standard InChI is InChI=1S/C13H18ClN3/c1-9(2)10(3)17-12(6-7-14)16-11-5-4-8-15-13(11)17/h4-5,8-10H,6-7H2,1-3H3. The summed E-state index contributed by atoms with van der Waals surface area (Å²) in [5.41, 5.74) is 1.92. The van der Waals surface area contributed by atoms with Crippen LogP contribution in [0.5, 0.6) is 0 Å². The molecule has 2 heterocycles. The Labute approximate surface area is 107 Å². The topological polar surface area (TPSA) is 30.7 Å². The SMILES string of the molecule is CC(C)C(C)n1c(CCCl)nc2cccnc21. The largest absolute Gasteiger partial charge is 0.310 e. The molecular formula is C13H18ClN3. The van der Waals surface area contributed by atoms with Crippen LogP contribution in [0.2, 0.25) is 0 Å². The summed E-state index contributed by atoms with van der Waals surface area (Å²) in [6.45, 7) is 6.63. The smallest absolute Gasteiger partial charge is 0.160 e. The van der Waals surface area contributed by atoms with Gasteiger partial charge in [-0.3, -0.25) is 0 Å². The molecule has 2 rings (SSSR count). The summed E-state index contributed by atoms with van der Waals surface area (Å²) >= 11 is 5.85. The third kappa shape index (κ3) is 2.29. The number of pyridine rings is 1. The average molecular weight is 252 g/mol. The predicted octanol–water partition coefficient (Wildman–Crippen LogP) is 3.43. The molecule has 0 fully saturated rings. The summed E-state index contributed by atoms with van der Waals surface area (Å²) < 4.78 is 2.22. The van der Waals surface area contributed by atoms with Crippen molar-refractivity contribution >= 4 is 22.8 Å². The van der Waals surface area contributed by atoms with E-state index in [-0.39, 0.29) is 0 Å². The molecule has 1 unspecified atom stereocenters. The number of hydrogen-bond donors (Lipinski definition) is 0. The fourth-order valence-electron chi connectivity index (χ4n) is 1.96. The molecule has 1 atom stereocenters. The van der Waals surface area contributed by atoms with Gasteiger partial charge in [-0.05, 0) is 25.0 Å². The fraction of sp³-hybridized carbons (Fsp3) is 0.538. The van der Waals surface area contributed by atoms with E-state index >= 15 is 0 Å². The van der Waals surface area contributed by atoms with Crippen molar-refractivity contribution in [2.75, 3.05) is 5.88 Å². The van der Waals surface area contributed by atoms with Crippen LogP contribution in [-0.2, 0) is 6.42 Å². The zero-order valence-electron chi connectivity index (χ0n) is 10.5. The Morgan fingerprint density at radius 1 is 1.35 bits per heavy atom. The lowest BCUT2D eigenvalue weighted by Crippen LogP contribution is -2.15. The molecule has 0 aliphatic heterocycles. The Kier molecular flexibility index (Phi) is 3.67. The summed E-state index contributed by atoms with van der Waals surface area (Å²) in [4.78, 5) is 9.07. The number of nitrogens with zero attached hydrogens (tertiary/aromatic N) is 3. The molecule has 0 radical (unpaired) electrons. The van der Waals surface area contributed by atoms with E-state index in [1.54, 1.807) is 0 Å². The zero-order valence-corrected chi connectivity index (χ0v) is 11.3. The van der Waals surface area contributed by atoms with Gasteiger partial charge < -0.3 is 4.57 Å². The highest BCUT2D eigenvalue weighted by Gasteiger charge is 2.18. The summed E-state index contributed by atoms with van der Waals surface area (Å²) in [6, 6.07) is 4.31. The molecule has 2 aromatic rings. The second kappa shape index (κ2) is 5.05. The maximum atomic E-state index is 5.85. The van der Waals surface area contributed by atoms with Crippen LogP contribution in [0.3, 0.4) is 0 Å². The fourth-order valence-corrected chi connectivity index (χ4v) is 2.13. The number of fused-ring (bicyclic) bond motifs is 1. The molecule has 4 heteroatoms. The third-order valence-corrected chi connectivity index (χ3v) is 3.40. The Morgan fingerprint density at radius 2 is 2.12 bits per heavy atom. The minimum Gasteiger partial charge on any atom is -0.310 e. The van der Waals surface area contributed by atoms with Gasteiger partial charge in [0.05, 0.1) is 0 Å². The van der Waals surface area contributed by atoms with Crippen LogP contribution in [0.4, 0.5) is 0 Å². The van der Waals surface area contributed by atoms with Crippen molar-refractivity contribution in [2.45, 2.75) is 33.2 Å². The zero-order chi connectivity index (χ0) is 12.4. The van der Waals surface area contributed by atoms with Gasteiger partial charge in [-0.2, -0.15) is 0 Å². The van der Waals surface area contributed by atoms with Gasteiger partial charge in [-0.25, -0.2) is 9.97 Å². The van der Waals surface area contributed by atoms with Crippen molar-refractivity contribution in [2.24, 2.45) is 5.92 Å². The first-order valence-corrected chi connectivity index (χ1v) is 6.56. The molecule has 0 saturated heterocycles. The molecule has 2 aromatic heterocycles. The Bertz CT molecular complexity index is 504. The van der Waals surface area contributed by atoms with Crippen molar-refractivity contribution < 1.29 is 0 Å². The van der Waals surface area contributed by atoms with Crippen LogP contribution >= 0.6 is 11.6 Å². The lowest BCUT2D eigenvalue weighted by Gasteiger charge is -2.20. The number of alkyl halides is 1. The lowest BCUT2D eigenvalue weighted by atomic mass is 10.1. The van der Waals surface area contributed by atoms with Gasteiger partial charge in [0.2, 0.25) is 0 Å². The molecule has 0 spiro atoms. The highest BCUT2D eigenvalue weighted by molar-refractivity contribution is 6.17. The number of aryl methyl sites for hydroxylation is 1. The molecule has 92 valence electrons. The molecule has 0 N–H and O–H groups in total. The second-order valence-electron chi connectivity index (χ2n) is 4.67. The number of hydrogen-bond acceptors (Lipinski definition) is 2. The molecule has 0 saturated carbocycles. The molecular weight excluding hydrogens is 234 g/mol. The van der Waals surface area contributed by atoms with E-state index in [0.29, 0.717) is 17.8 Å². The van der Waals surface area contributed by atoms with Gasteiger partial charge >= 0.3 is 0 Å². The highest BCUT2D eigenvalue weighted by atomic mass is 35.5. The first-order chi connectivity index (χ1) is 8.15. The number of rotatable bonds is 4. The minimum atomic E-state index is 0.383. The summed E-state index contributed by atoms with van der Waals surface area (Å²) in [6.07, 6.45) is 2.60. The van der Waals surface area contributed by atoms with Crippen LogP contribution in [0.1, 0.15) is 32.6 Å². The van der Waals surface area contributed by atoms with Crippen molar-refractivity contribution in [3.05, 3.63) is 24.2 Å². The molecule has 0 aliphatic carbocycles. The van der Waals surface area contributed by atoms with E-state index in [0.717, 1.165) is 23.4 Å². The maximum absolute atomic E-state index is 5.85. The van der Waals surface area contributed by atoms with Crippen molar-refractivity contribution in [1.29, 1.82) is 0 Å². The van der Waals surface area contributed by atoms with Crippen LogP contribution in [0, 0.1) is 5.92 Å². The normalized spacial score (nSPS) is 13.5. The second-order valence-corrected chi connectivity index (χ2v) is 5.05. The minimum absolute atomic E-state index is 0.383. The Morgan fingerprint density at radius 3 is 2.76 bits per heavy atom. The van der Waals surface area contributed by atoms with Gasteiger partial charge in [0, 0.05) is 24.5 Å². The Balaban J connectivity index is 2.59. The van der Waals surface area contributed by atoms with Crippen molar-refractivity contribution in [3.8, 4) is 0 Å². The molecule has 0 aliphatic rings. The van der Waals surface area contributed by atoms with Crippen molar-refractivity contribution in [1.82, 2.24) is 14.5 Å². The van der Waals surface area contributed by atoms with Crippen molar-refractivity contribution in [3.63, 3.8) is 0 Å². The van der Waals surface area contributed by atoms with Gasteiger partial charge in [-0.15, -0.1) is 11.6 Å².